The molecule has 2 aromatic carbocycles. The molecule has 1 aliphatic heterocycles. The maximum Gasteiger partial charge on any atom is 0.416 e. The SMILES string of the molecule is FC(F)(F)c1cccc(-n2nnnc2C(c2ccccc2Cl)N2CCOCC2)c1. The normalized spacial score (nSPS) is 16.7. The number of nitrogens with zero attached hydrogens (tertiary/aromatic N) is 5. The molecule has 0 bridgehead atoms. The summed E-state index contributed by atoms with van der Waals surface area (Å²) < 4.78 is 46.3. The van der Waals surface area contributed by atoms with E-state index in [0.29, 0.717) is 37.2 Å². The first-order valence-corrected chi connectivity index (χ1v) is 9.35. The number of benzene rings is 2. The van der Waals surface area contributed by atoms with Crippen LogP contribution in [0.1, 0.15) is 23.0 Å². The molecule has 0 spiro atoms. The van der Waals surface area contributed by atoms with Gasteiger partial charge in [0.2, 0.25) is 0 Å². The van der Waals surface area contributed by atoms with Crippen LogP contribution in [0.5, 0.6) is 0 Å². The zero-order valence-electron chi connectivity index (χ0n) is 15.2. The Kier molecular flexibility index (Phi) is 5.53. The lowest BCUT2D eigenvalue weighted by molar-refractivity contribution is -0.137. The number of halogens is 4. The van der Waals surface area contributed by atoms with Crippen LogP contribution in [-0.2, 0) is 10.9 Å². The molecule has 152 valence electrons. The third-order valence-electron chi connectivity index (χ3n) is 4.77. The molecule has 0 N–H and O–H groups in total. The molecule has 0 radical (unpaired) electrons. The molecule has 3 aromatic rings. The zero-order valence-corrected chi connectivity index (χ0v) is 15.9. The fraction of sp³-hybridized carbons (Fsp3) is 0.316. The van der Waals surface area contributed by atoms with Crippen molar-refractivity contribution in [2.24, 2.45) is 0 Å². The highest BCUT2D eigenvalue weighted by molar-refractivity contribution is 6.31. The summed E-state index contributed by atoms with van der Waals surface area (Å²) in [7, 11) is 0. The molecular weight excluding hydrogens is 407 g/mol. The van der Waals surface area contributed by atoms with Crippen molar-refractivity contribution in [3.8, 4) is 5.69 Å². The minimum atomic E-state index is -4.46. The van der Waals surface area contributed by atoms with Crippen LogP contribution in [0.3, 0.4) is 0 Å². The van der Waals surface area contributed by atoms with Gasteiger partial charge in [0.25, 0.3) is 0 Å². The molecule has 1 atom stereocenters. The van der Waals surface area contributed by atoms with E-state index >= 15 is 0 Å². The molecule has 1 saturated heterocycles. The van der Waals surface area contributed by atoms with E-state index in [9.17, 15) is 13.2 Å². The molecule has 0 amide bonds. The van der Waals surface area contributed by atoms with Crippen LogP contribution in [0.15, 0.2) is 48.5 Å². The lowest BCUT2D eigenvalue weighted by Crippen LogP contribution is -2.40. The second-order valence-corrected chi connectivity index (χ2v) is 6.98. The van der Waals surface area contributed by atoms with Crippen LogP contribution in [0.25, 0.3) is 5.69 Å². The fourth-order valence-corrected chi connectivity index (χ4v) is 3.63. The summed E-state index contributed by atoms with van der Waals surface area (Å²) in [6, 6.07) is 11.8. The molecule has 2 heterocycles. The van der Waals surface area contributed by atoms with Gasteiger partial charge in [0.1, 0.15) is 0 Å². The maximum absolute atomic E-state index is 13.2. The van der Waals surface area contributed by atoms with Gasteiger partial charge in [-0.25, -0.2) is 0 Å². The maximum atomic E-state index is 13.2. The minimum Gasteiger partial charge on any atom is -0.379 e. The van der Waals surface area contributed by atoms with Crippen molar-refractivity contribution in [3.63, 3.8) is 0 Å². The molecule has 4 rings (SSSR count). The molecule has 0 aliphatic carbocycles. The van der Waals surface area contributed by atoms with E-state index in [-0.39, 0.29) is 5.69 Å². The Morgan fingerprint density at radius 2 is 1.79 bits per heavy atom. The number of tetrazole rings is 1. The third kappa shape index (κ3) is 4.12. The number of aromatic nitrogens is 4. The van der Waals surface area contributed by atoms with Crippen molar-refractivity contribution in [1.29, 1.82) is 0 Å². The van der Waals surface area contributed by atoms with Crippen molar-refractivity contribution in [3.05, 3.63) is 70.5 Å². The Hall–Kier alpha value is -2.49. The van der Waals surface area contributed by atoms with Crippen molar-refractivity contribution in [1.82, 2.24) is 25.1 Å². The summed E-state index contributed by atoms with van der Waals surface area (Å²) >= 11 is 6.45. The molecule has 29 heavy (non-hydrogen) atoms. The summed E-state index contributed by atoms with van der Waals surface area (Å²) in [6.07, 6.45) is -4.46. The number of ether oxygens (including phenoxy) is 1. The number of morpholine rings is 1. The van der Waals surface area contributed by atoms with Crippen LogP contribution >= 0.6 is 11.6 Å². The predicted molar refractivity (Wildman–Crippen MR) is 99.8 cm³/mol. The first-order valence-electron chi connectivity index (χ1n) is 8.97. The average molecular weight is 424 g/mol. The highest BCUT2D eigenvalue weighted by atomic mass is 35.5. The second kappa shape index (κ2) is 8.10. The van der Waals surface area contributed by atoms with Crippen molar-refractivity contribution < 1.29 is 17.9 Å². The van der Waals surface area contributed by atoms with E-state index in [1.165, 1.54) is 16.8 Å². The highest BCUT2D eigenvalue weighted by Gasteiger charge is 2.33. The van der Waals surface area contributed by atoms with Crippen LogP contribution in [0.4, 0.5) is 13.2 Å². The van der Waals surface area contributed by atoms with Gasteiger partial charge in [0.05, 0.1) is 30.5 Å². The average Bonchev–Trinajstić information content (AvgIpc) is 3.19. The summed E-state index contributed by atoms with van der Waals surface area (Å²) in [5.41, 5.74) is 0.237. The van der Waals surface area contributed by atoms with Crippen LogP contribution in [0.2, 0.25) is 5.02 Å². The smallest absolute Gasteiger partial charge is 0.379 e. The lowest BCUT2D eigenvalue weighted by atomic mass is 10.0. The van der Waals surface area contributed by atoms with Gasteiger partial charge in [-0.2, -0.15) is 17.9 Å². The Morgan fingerprint density at radius 3 is 2.52 bits per heavy atom. The molecule has 1 unspecified atom stereocenters. The van der Waals surface area contributed by atoms with Gasteiger partial charge in [0, 0.05) is 18.1 Å². The van der Waals surface area contributed by atoms with Crippen molar-refractivity contribution >= 4 is 11.6 Å². The predicted octanol–water partition coefficient (Wildman–Crippen LogP) is 3.76. The van der Waals surface area contributed by atoms with E-state index < -0.39 is 17.8 Å². The van der Waals surface area contributed by atoms with E-state index in [1.807, 2.05) is 18.2 Å². The molecule has 6 nitrogen and oxygen atoms in total. The van der Waals surface area contributed by atoms with E-state index in [0.717, 1.165) is 17.7 Å². The quantitative estimate of drug-likeness (QED) is 0.639. The Labute approximate surface area is 169 Å². The third-order valence-corrected chi connectivity index (χ3v) is 5.11. The Morgan fingerprint density at radius 1 is 1.03 bits per heavy atom. The largest absolute Gasteiger partial charge is 0.416 e. The molecule has 1 fully saturated rings. The van der Waals surface area contributed by atoms with Crippen molar-refractivity contribution in [2.75, 3.05) is 26.3 Å². The minimum absolute atomic E-state index is 0.227. The summed E-state index contributed by atoms with van der Waals surface area (Å²) in [5, 5.41) is 12.4. The fourth-order valence-electron chi connectivity index (χ4n) is 3.39. The second-order valence-electron chi connectivity index (χ2n) is 6.57. The van der Waals surface area contributed by atoms with E-state index in [2.05, 4.69) is 20.4 Å². The number of hydrogen-bond acceptors (Lipinski definition) is 5. The van der Waals surface area contributed by atoms with Crippen molar-refractivity contribution in [2.45, 2.75) is 12.2 Å². The molecule has 0 saturated carbocycles. The van der Waals surface area contributed by atoms with Gasteiger partial charge in [0.15, 0.2) is 5.82 Å². The van der Waals surface area contributed by atoms with Gasteiger partial charge in [-0.1, -0.05) is 35.9 Å². The van der Waals surface area contributed by atoms with E-state index in [4.69, 9.17) is 16.3 Å². The molecule has 10 heteroatoms. The van der Waals surface area contributed by atoms with Gasteiger partial charge < -0.3 is 4.74 Å². The first kappa shape index (κ1) is 19.8. The Bertz CT molecular complexity index is 988. The summed E-state index contributed by atoms with van der Waals surface area (Å²) in [6.45, 7) is 2.30. The summed E-state index contributed by atoms with van der Waals surface area (Å²) in [5.74, 6) is 0.388. The monoisotopic (exact) mass is 423 g/mol. The Balaban J connectivity index is 1.82. The van der Waals surface area contributed by atoms with Gasteiger partial charge in [-0.05, 0) is 40.3 Å². The van der Waals surface area contributed by atoms with E-state index in [1.54, 1.807) is 6.07 Å². The van der Waals surface area contributed by atoms with Crippen LogP contribution in [0, 0.1) is 0 Å². The lowest BCUT2D eigenvalue weighted by Gasteiger charge is -2.34. The summed E-state index contributed by atoms with van der Waals surface area (Å²) in [4.78, 5) is 2.11. The van der Waals surface area contributed by atoms with Gasteiger partial charge in [-0.15, -0.1) is 5.10 Å². The van der Waals surface area contributed by atoms with Crippen LogP contribution < -0.4 is 0 Å². The molecular formula is C19H17ClF3N5O. The van der Waals surface area contributed by atoms with Gasteiger partial charge >= 0.3 is 6.18 Å². The molecule has 1 aromatic heterocycles. The number of alkyl halides is 3. The highest BCUT2D eigenvalue weighted by Crippen LogP contribution is 2.34. The van der Waals surface area contributed by atoms with Crippen LogP contribution in [-0.4, -0.2) is 51.4 Å². The molecule has 1 aliphatic rings. The zero-order chi connectivity index (χ0) is 20.4. The number of rotatable bonds is 4. The van der Waals surface area contributed by atoms with Gasteiger partial charge in [-0.3, -0.25) is 4.90 Å². The standard InChI is InChI=1S/C19H17ClF3N5O/c20-16-7-2-1-6-15(16)17(27-8-10-29-11-9-27)18-24-25-26-28(18)14-5-3-4-13(12-14)19(21,22)23/h1-7,12,17H,8-11H2. The topological polar surface area (TPSA) is 56.1 Å². The number of hydrogen-bond donors (Lipinski definition) is 0. The first-order chi connectivity index (χ1) is 13.9.